The minimum absolute atomic E-state index is 0.292. The predicted octanol–water partition coefficient (Wildman–Crippen LogP) is 2.92. The molecule has 0 bridgehead atoms. The summed E-state index contributed by atoms with van der Waals surface area (Å²) in [7, 11) is 0. The molecule has 1 saturated carbocycles. The van der Waals surface area contributed by atoms with Gasteiger partial charge in [-0.1, -0.05) is 6.92 Å². The molecule has 1 aliphatic rings. The van der Waals surface area contributed by atoms with Gasteiger partial charge in [-0.15, -0.1) is 0 Å². The second kappa shape index (κ2) is 6.54. The van der Waals surface area contributed by atoms with E-state index in [-0.39, 0.29) is 5.54 Å². The van der Waals surface area contributed by atoms with Crippen LogP contribution >= 0.6 is 0 Å². The molecule has 2 unspecified atom stereocenters. The van der Waals surface area contributed by atoms with Crippen molar-refractivity contribution in [2.24, 2.45) is 0 Å². The van der Waals surface area contributed by atoms with Crippen molar-refractivity contribution in [2.45, 2.75) is 84.0 Å². The van der Waals surface area contributed by atoms with Crippen LogP contribution in [-0.2, 0) is 0 Å². The molecule has 0 radical (unpaired) electrons. The zero-order chi connectivity index (χ0) is 13.8. The number of nitrogens with zero attached hydrogens (tertiary/aromatic N) is 2. The first-order chi connectivity index (χ1) is 8.44. The highest BCUT2D eigenvalue weighted by Gasteiger charge is 2.42. The molecular weight excluding hydrogens is 222 g/mol. The SMILES string of the molecule is CCCN(C(C)C)C1CCC(C#N)(NC(C)C)C1. The van der Waals surface area contributed by atoms with Gasteiger partial charge in [-0.3, -0.25) is 10.2 Å². The Kier molecular flexibility index (Phi) is 5.62. The average molecular weight is 251 g/mol. The van der Waals surface area contributed by atoms with E-state index in [0.717, 1.165) is 25.8 Å². The molecule has 1 aliphatic carbocycles. The van der Waals surface area contributed by atoms with Crippen LogP contribution in [0.5, 0.6) is 0 Å². The fraction of sp³-hybridized carbons (Fsp3) is 0.933. The van der Waals surface area contributed by atoms with E-state index in [2.05, 4.69) is 50.9 Å². The largest absolute Gasteiger partial charge is 0.298 e. The lowest BCUT2D eigenvalue weighted by atomic mass is 9.98. The average Bonchev–Trinajstić information content (AvgIpc) is 2.69. The van der Waals surface area contributed by atoms with Crippen LogP contribution in [0.2, 0.25) is 0 Å². The summed E-state index contributed by atoms with van der Waals surface area (Å²) in [6, 6.07) is 4.05. The molecule has 0 heterocycles. The Balaban J connectivity index is 2.70. The second-order valence-corrected chi connectivity index (χ2v) is 6.22. The maximum Gasteiger partial charge on any atom is 0.108 e. The third kappa shape index (κ3) is 3.70. The maximum atomic E-state index is 9.50. The van der Waals surface area contributed by atoms with E-state index in [1.807, 2.05) is 0 Å². The van der Waals surface area contributed by atoms with Crippen molar-refractivity contribution < 1.29 is 0 Å². The number of rotatable bonds is 6. The Labute approximate surface area is 113 Å². The van der Waals surface area contributed by atoms with Crippen molar-refractivity contribution in [3.8, 4) is 6.07 Å². The molecule has 104 valence electrons. The van der Waals surface area contributed by atoms with Crippen LogP contribution in [0.15, 0.2) is 0 Å². The van der Waals surface area contributed by atoms with E-state index in [9.17, 15) is 5.26 Å². The van der Waals surface area contributed by atoms with Crippen molar-refractivity contribution in [1.82, 2.24) is 10.2 Å². The lowest BCUT2D eigenvalue weighted by molar-refractivity contribution is 0.150. The third-order valence-corrected chi connectivity index (χ3v) is 3.88. The van der Waals surface area contributed by atoms with E-state index >= 15 is 0 Å². The molecule has 0 amide bonds. The van der Waals surface area contributed by atoms with E-state index in [1.54, 1.807) is 0 Å². The molecule has 2 atom stereocenters. The van der Waals surface area contributed by atoms with Crippen LogP contribution in [0, 0.1) is 11.3 Å². The monoisotopic (exact) mass is 251 g/mol. The van der Waals surface area contributed by atoms with E-state index in [4.69, 9.17) is 0 Å². The Morgan fingerprint density at radius 1 is 1.39 bits per heavy atom. The van der Waals surface area contributed by atoms with Crippen LogP contribution in [0.1, 0.15) is 60.3 Å². The Bertz CT molecular complexity index is 293. The highest BCUT2D eigenvalue weighted by Crippen LogP contribution is 2.34. The van der Waals surface area contributed by atoms with Gasteiger partial charge in [0.25, 0.3) is 0 Å². The van der Waals surface area contributed by atoms with Crippen molar-refractivity contribution in [1.29, 1.82) is 5.26 Å². The summed E-state index contributed by atoms with van der Waals surface area (Å²) >= 11 is 0. The number of nitriles is 1. The van der Waals surface area contributed by atoms with Gasteiger partial charge in [0.1, 0.15) is 5.54 Å². The Morgan fingerprint density at radius 3 is 2.50 bits per heavy atom. The van der Waals surface area contributed by atoms with E-state index < -0.39 is 0 Å². The standard InChI is InChI=1S/C15H29N3/c1-6-9-18(13(4)5)14-7-8-15(10-14,11-16)17-12(2)3/h12-14,17H,6-10H2,1-5H3. The Morgan fingerprint density at radius 2 is 2.06 bits per heavy atom. The van der Waals surface area contributed by atoms with Gasteiger partial charge in [-0.2, -0.15) is 5.26 Å². The highest BCUT2D eigenvalue weighted by molar-refractivity contribution is 5.14. The smallest absolute Gasteiger partial charge is 0.108 e. The molecule has 1 fully saturated rings. The first kappa shape index (κ1) is 15.5. The van der Waals surface area contributed by atoms with Gasteiger partial charge in [0, 0.05) is 18.1 Å². The number of hydrogen-bond donors (Lipinski definition) is 1. The highest BCUT2D eigenvalue weighted by atomic mass is 15.2. The predicted molar refractivity (Wildman–Crippen MR) is 76.4 cm³/mol. The summed E-state index contributed by atoms with van der Waals surface area (Å²) in [5.41, 5.74) is -0.292. The summed E-state index contributed by atoms with van der Waals surface area (Å²) in [5.74, 6) is 0. The minimum Gasteiger partial charge on any atom is -0.298 e. The van der Waals surface area contributed by atoms with Gasteiger partial charge < -0.3 is 0 Å². The van der Waals surface area contributed by atoms with Crippen LogP contribution < -0.4 is 5.32 Å². The molecule has 1 rings (SSSR count). The van der Waals surface area contributed by atoms with Gasteiger partial charge in [-0.05, 0) is 59.9 Å². The molecule has 0 aromatic carbocycles. The molecule has 0 aromatic rings. The molecule has 3 nitrogen and oxygen atoms in total. The minimum atomic E-state index is -0.292. The van der Waals surface area contributed by atoms with Gasteiger partial charge in [0.05, 0.1) is 6.07 Å². The van der Waals surface area contributed by atoms with Gasteiger partial charge in [0.2, 0.25) is 0 Å². The first-order valence-electron chi connectivity index (χ1n) is 7.39. The lowest BCUT2D eigenvalue weighted by Gasteiger charge is -2.33. The normalized spacial score (nSPS) is 28.3. The van der Waals surface area contributed by atoms with Crippen LogP contribution in [-0.4, -0.2) is 35.1 Å². The molecule has 3 heteroatoms. The molecule has 18 heavy (non-hydrogen) atoms. The Hall–Kier alpha value is -0.590. The number of hydrogen-bond acceptors (Lipinski definition) is 3. The van der Waals surface area contributed by atoms with Crippen molar-refractivity contribution in [3.63, 3.8) is 0 Å². The van der Waals surface area contributed by atoms with Gasteiger partial charge in [-0.25, -0.2) is 0 Å². The second-order valence-electron chi connectivity index (χ2n) is 6.22. The van der Waals surface area contributed by atoms with E-state index in [1.165, 1.54) is 6.42 Å². The lowest BCUT2D eigenvalue weighted by Crippen LogP contribution is -2.48. The summed E-state index contributed by atoms with van der Waals surface area (Å²) in [6.45, 7) is 12.1. The van der Waals surface area contributed by atoms with Crippen LogP contribution in [0.4, 0.5) is 0 Å². The zero-order valence-electron chi connectivity index (χ0n) is 12.7. The molecule has 1 N–H and O–H groups in total. The molecule has 0 saturated heterocycles. The topological polar surface area (TPSA) is 39.1 Å². The first-order valence-corrected chi connectivity index (χ1v) is 7.39. The quantitative estimate of drug-likeness (QED) is 0.789. The molecule has 0 aromatic heterocycles. The summed E-state index contributed by atoms with van der Waals surface area (Å²) in [5, 5.41) is 13.0. The van der Waals surface area contributed by atoms with Gasteiger partial charge >= 0.3 is 0 Å². The molecule has 0 aliphatic heterocycles. The van der Waals surface area contributed by atoms with E-state index in [0.29, 0.717) is 18.1 Å². The maximum absolute atomic E-state index is 9.50. The van der Waals surface area contributed by atoms with Crippen LogP contribution in [0.25, 0.3) is 0 Å². The van der Waals surface area contributed by atoms with Crippen molar-refractivity contribution in [2.75, 3.05) is 6.54 Å². The number of nitrogens with one attached hydrogen (secondary N) is 1. The van der Waals surface area contributed by atoms with Crippen molar-refractivity contribution in [3.05, 3.63) is 0 Å². The fourth-order valence-electron chi connectivity index (χ4n) is 3.24. The van der Waals surface area contributed by atoms with Gasteiger partial charge in [0.15, 0.2) is 0 Å². The third-order valence-electron chi connectivity index (χ3n) is 3.88. The summed E-state index contributed by atoms with van der Waals surface area (Å²) < 4.78 is 0. The summed E-state index contributed by atoms with van der Waals surface area (Å²) in [4.78, 5) is 2.57. The molecular formula is C15H29N3. The molecule has 0 spiro atoms. The summed E-state index contributed by atoms with van der Waals surface area (Å²) in [6.07, 6.45) is 4.29. The van der Waals surface area contributed by atoms with Crippen molar-refractivity contribution >= 4 is 0 Å². The zero-order valence-corrected chi connectivity index (χ0v) is 12.7. The van der Waals surface area contributed by atoms with Crippen LogP contribution in [0.3, 0.4) is 0 Å². The fourth-order valence-corrected chi connectivity index (χ4v) is 3.24.